The van der Waals surface area contributed by atoms with Gasteiger partial charge in [-0.3, -0.25) is 0 Å². The Hall–Kier alpha value is -1.31. The van der Waals surface area contributed by atoms with E-state index in [4.69, 9.17) is 5.26 Å². The van der Waals surface area contributed by atoms with Gasteiger partial charge < -0.3 is 15.0 Å². The molecule has 1 aromatic heterocycles. The molecule has 0 saturated heterocycles. The molecule has 1 fully saturated rings. The van der Waals surface area contributed by atoms with Crippen LogP contribution in [-0.2, 0) is 13.6 Å². The van der Waals surface area contributed by atoms with Crippen LogP contribution in [0.2, 0.25) is 0 Å². The van der Waals surface area contributed by atoms with Gasteiger partial charge in [0.25, 0.3) is 0 Å². The number of aryl methyl sites for hydroxylation is 1. The number of aliphatic hydroxyl groups is 1. The summed E-state index contributed by atoms with van der Waals surface area (Å²) < 4.78 is 1.83. The fourth-order valence-electron chi connectivity index (χ4n) is 2.67. The van der Waals surface area contributed by atoms with E-state index in [-0.39, 0.29) is 0 Å². The molecular formula is C14H21N3O. The Kier molecular flexibility index (Phi) is 4.05. The summed E-state index contributed by atoms with van der Waals surface area (Å²) in [5.74, 6) is 0. The maximum absolute atomic E-state index is 10.3. The van der Waals surface area contributed by atoms with Crippen molar-refractivity contribution in [1.82, 2.24) is 9.88 Å². The van der Waals surface area contributed by atoms with Crippen molar-refractivity contribution in [1.29, 1.82) is 5.26 Å². The first kappa shape index (κ1) is 13.1. The summed E-state index contributed by atoms with van der Waals surface area (Å²) in [5, 5.41) is 22.5. The molecule has 18 heavy (non-hydrogen) atoms. The first-order chi connectivity index (χ1) is 8.63. The molecule has 0 radical (unpaired) electrons. The number of nitriles is 1. The van der Waals surface area contributed by atoms with Crippen LogP contribution in [0.1, 0.15) is 43.4 Å². The summed E-state index contributed by atoms with van der Waals surface area (Å²) in [6.45, 7) is 1.35. The predicted octanol–water partition coefficient (Wildman–Crippen LogP) is 1.68. The van der Waals surface area contributed by atoms with Crippen LogP contribution in [0.15, 0.2) is 12.3 Å². The molecule has 1 aromatic rings. The van der Waals surface area contributed by atoms with Gasteiger partial charge in [0.2, 0.25) is 0 Å². The van der Waals surface area contributed by atoms with E-state index in [1.54, 1.807) is 0 Å². The zero-order valence-electron chi connectivity index (χ0n) is 10.9. The van der Waals surface area contributed by atoms with E-state index in [2.05, 4.69) is 11.4 Å². The molecule has 0 unspecified atom stereocenters. The zero-order chi connectivity index (χ0) is 13.0. The summed E-state index contributed by atoms with van der Waals surface area (Å²) >= 11 is 0. The molecule has 0 aromatic carbocycles. The number of nitrogens with zero attached hydrogens (tertiary/aromatic N) is 2. The standard InChI is InChI=1S/C14H21N3O/c1-17-10-12(7-13(17)8-15)9-16-11-14(18)5-3-2-4-6-14/h7,10,16,18H,2-6,9,11H2,1H3. The lowest BCUT2D eigenvalue weighted by atomic mass is 9.85. The fraction of sp³-hybridized carbons (Fsp3) is 0.643. The first-order valence-electron chi connectivity index (χ1n) is 6.61. The van der Waals surface area contributed by atoms with E-state index in [1.807, 2.05) is 23.9 Å². The third kappa shape index (κ3) is 3.12. The summed E-state index contributed by atoms with van der Waals surface area (Å²) in [7, 11) is 1.87. The molecule has 0 amide bonds. The Bertz CT molecular complexity index is 438. The fourth-order valence-corrected chi connectivity index (χ4v) is 2.67. The molecule has 1 aliphatic carbocycles. The molecule has 98 valence electrons. The highest BCUT2D eigenvalue weighted by Gasteiger charge is 2.28. The molecule has 0 aliphatic heterocycles. The van der Waals surface area contributed by atoms with Crippen molar-refractivity contribution < 1.29 is 5.11 Å². The van der Waals surface area contributed by atoms with Crippen molar-refractivity contribution in [3.05, 3.63) is 23.5 Å². The molecule has 0 bridgehead atoms. The third-order valence-electron chi connectivity index (χ3n) is 3.74. The first-order valence-corrected chi connectivity index (χ1v) is 6.61. The third-order valence-corrected chi connectivity index (χ3v) is 3.74. The molecule has 1 heterocycles. The van der Waals surface area contributed by atoms with Crippen LogP contribution in [0, 0.1) is 11.3 Å². The molecule has 1 saturated carbocycles. The van der Waals surface area contributed by atoms with Crippen molar-refractivity contribution in [3.63, 3.8) is 0 Å². The van der Waals surface area contributed by atoms with E-state index < -0.39 is 5.60 Å². The van der Waals surface area contributed by atoms with E-state index in [0.29, 0.717) is 18.8 Å². The molecule has 2 N–H and O–H groups in total. The molecule has 2 rings (SSSR count). The number of nitrogens with one attached hydrogen (secondary N) is 1. The summed E-state index contributed by atoms with van der Waals surface area (Å²) in [6, 6.07) is 4.04. The summed E-state index contributed by atoms with van der Waals surface area (Å²) in [4.78, 5) is 0. The highest BCUT2D eigenvalue weighted by molar-refractivity contribution is 5.28. The minimum atomic E-state index is -0.523. The second-order valence-electron chi connectivity index (χ2n) is 5.34. The lowest BCUT2D eigenvalue weighted by Gasteiger charge is -2.32. The highest BCUT2D eigenvalue weighted by atomic mass is 16.3. The van der Waals surface area contributed by atoms with Crippen molar-refractivity contribution in [2.75, 3.05) is 6.54 Å². The minimum absolute atomic E-state index is 0.523. The van der Waals surface area contributed by atoms with Gasteiger partial charge in [0.1, 0.15) is 11.8 Å². The lowest BCUT2D eigenvalue weighted by Crippen LogP contribution is -2.41. The molecule has 0 spiro atoms. The van der Waals surface area contributed by atoms with Crippen molar-refractivity contribution in [2.24, 2.45) is 7.05 Å². The van der Waals surface area contributed by atoms with Crippen LogP contribution in [-0.4, -0.2) is 21.8 Å². The SMILES string of the molecule is Cn1cc(CNCC2(O)CCCCC2)cc1C#N. The summed E-state index contributed by atoms with van der Waals surface area (Å²) in [5.41, 5.74) is 1.24. The van der Waals surface area contributed by atoms with Gasteiger partial charge >= 0.3 is 0 Å². The van der Waals surface area contributed by atoms with Crippen LogP contribution >= 0.6 is 0 Å². The normalized spacial score (nSPS) is 18.5. The van der Waals surface area contributed by atoms with Gasteiger partial charge in [-0.25, -0.2) is 0 Å². The highest BCUT2D eigenvalue weighted by Crippen LogP contribution is 2.27. The second-order valence-corrected chi connectivity index (χ2v) is 5.34. The monoisotopic (exact) mass is 247 g/mol. The van der Waals surface area contributed by atoms with Crippen molar-refractivity contribution in [3.8, 4) is 6.07 Å². The van der Waals surface area contributed by atoms with Gasteiger partial charge in [-0.2, -0.15) is 5.26 Å². The molecule has 4 heteroatoms. The maximum Gasteiger partial charge on any atom is 0.120 e. The van der Waals surface area contributed by atoms with Crippen molar-refractivity contribution in [2.45, 2.75) is 44.2 Å². The smallest absolute Gasteiger partial charge is 0.120 e. The Morgan fingerprint density at radius 3 is 2.78 bits per heavy atom. The number of aromatic nitrogens is 1. The largest absolute Gasteiger partial charge is 0.389 e. The van der Waals surface area contributed by atoms with Crippen LogP contribution in [0.4, 0.5) is 0 Å². The second kappa shape index (κ2) is 5.55. The average molecular weight is 247 g/mol. The van der Waals surface area contributed by atoms with Crippen LogP contribution < -0.4 is 5.32 Å². The van der Waals surface area contributed by atoms with E-state index in [1.165, 1.54) is 6.42 Å². The Morgan fingerprint density at radius 2 is 2.17 bits per heavy atom. The van der Waals surface area contributed by atoms with Gasteiger partial charge in [-0.1, -0.05) is 19.3 Å². The molecular weight excluding hydrogens is 226 g/mol. The van der Waals surface area contributed by atoms with Crippen LogP contribution in [0.3, 0.4) is 0 Å². The van der Waals surface area contributed by atoms with Gasteiger partial charge in [-0.15, -0.1) is 0 Å². The van der Waals surface area contributed by atoms with Gasteiger partial charge in [0.15, 0.2) is 0 Å². The molecule has 4 nitrogen and oxygen atoms in total. The lowest BCUT2D eigenvalue weighted by molar-refractivity contribution is 0.00468. The Balaban J connectivity index is 1.82. The van der Waals surface area contributed by atoms with Crippen LogP contribution in [0.25, 0.3) is 0 Å². The van der Waals surface area contributed by atoms with E-state index in [9.17, 15) is 5.11 Å². The number of hydrogen-bond donors (Lipinski definition) is 2. The number of hydrogen-bond acceptors (Lipinski definition) is 3. The summed E-state index contributed by atoms with van der Waals surface area (Å²) in [6.07, 6.45) is 7.25. The predicted molar refractivity (Wildman–Crippen MR) is 69.9 cm³/mol. The minimum Gasteiger partial charge on any atom is -0.389 e. The van der Waals surface area contributed by atoms with Crippen LogP contribution in [0.5, 0.6) is 0 Å². The Labute approximate surface area is 108 Å². The van der Waals surface area contributed by atoms with Gasteiger partial charge in [0, 0.05) is 26.3 Å². The molecule has 0 atom stereocenters. The number of rotatable bonds is 4. The maximum atomic E-state index is 10.3. The Morgan fingerprint density at radius 1 is 1.44 bits per heavy atom. The average Bonchev–Trinajstić information content (AvgIpc) is 2.70. The molecule has 1 aliphatic rings. The van der Waals surface area contributed by atoms with Crippen molar-refractivity contribution >= 4 is 0 Å². The van der Waals surface area contributed by atoms with Gasteiger partial charge in [-0.05, 0) is 24.5 Å². The quantitative estimate of drug-likeness (QED) is 0.851. The van der Waals surface area contributed by atoms with E-state index >= 15 is 0 Å². The van der Waals surface area contributed by atoms with Gasteiger partial charge in [0.05, 0.1) is 5.60 Å². The zero-order valence-corrected chi connectivity index (χ0v) is 10.9. The topological polar surface area (TPSA) is 61.0 Å². The van der Waals surface area contributed by atoms with E-state index in [0.717, 1.165) is 31.2 Å².